The van der Waals surface area contributed by atoms with Crippen molar-refractivity contribution in [2.24, 2.45) is 5.92 Å². The van der Waals surface area contributed by atoms with Crippen molar-refractivity contribution in [3.8, 4) is 0 Å². The van der Waals surface area contributed by atoms with Crippen molar-refractivity contribution >= 4 is 11.8 Å². The van der Waals surface area contributed by atoms with Gasteiger partial charge in [0.15, 0.2) is 0 Å². The third-order valence-corrected chi connectivity index (χ3v) is 4.62. The van der Waals surface area contributed by atoms with Crippen LogP contribution in [0.3, 0.4) is 0 Å². The molecule has 1 aromatic carbocycles. The Hall–Kier alpha value is -0.510. The topological polar surface area (TPSA) is 21.3 Å². The summed E-state index contributed by atoms with van der Waals surface area (Å²) in [7, 11) is 0. The third kappa shape index (κ3) is 4.51. The molecule has 0 radical (unpaired) electrons. The molecular formula is C16H25NOS. The number of hydrogen-bond acceptors (Lipinski definition) is 3. The lowest BCUT2D eigenvalue weighted by Gasteiger charge is -2.27. The molecular weight excluding hydrogens is 254 g/mol. The Morgan fingerprint density at radius 1 is 1.26 bits per heavy atom. The van der Waals surface area contributed by atoms with Crippen molar-refractivity contribution in [2.75, 3.05) is 26.0 Å². The van der Waals surface area contributed by atoms with Gasteiger partial charge in [0.1, 0.15) is 0 Å². The molecule has 1 aliphatic heterocycles. The monoisotopic (exact) mass is 279 g/mol. The highest BCUT2D eigenvalue weighted by molar-refractivity contribution is 7.98. The Morgan fingerprint density at radius 2 is 1.95 bits per heavy atom. The van der Waals surface area contributed by atoms with Crippen LogP contribution in [-0.2, 0) is 4.74 Å². The largest absolute Gasteiger partial charge is 0.381 e. The molecule has 0 spiro atoms. The molecule has 1 aromatic rings. The molecule has 19 heavy (non-hydrogen) atoms. The van der Waals surface area contributed by atoms with Gasteiger partial charge in [0.25, 0.3) is 0 Å². The summed E-state index contributed by atoms with van der Waals surface area (Å²) in [5.74, 6) is 0.804. The molecule has 1 saturated heterocycles. The Labute approximate surface area is 121 Å². The standard InChI is InChI=1S/C16H25NOS/c1-3-17-16(12-13-8-10-18-11-9-13)14-4-6-15(19-2)7-5-14/h4-7,13,16-17H,3,8-12H2,1-2H3. The predicted molar refractivity (Wildman–Crippen MR) is 82.8 cm³/mol. The van der Waals surface area contributed by atoms with Gasteiger partial charge < -0.3 is 10.1 Å². The summed E-state index contributed by atoms with van der Waals surface area (Å²) in [6.07, 6.45) is 5.78. The second-order valence-electron chi connectivity index (χ2n) is 5.17. The van der Waals surface area contributed by atoms with E-state index in [0.29, 0.717) is 6.04 Å². The van der Waals surface area contributed by atoms with Crippen molar-refractivity contribution in [1.82, 2.24) is 5.32 Å². The van der Waals surface area contributed by atoms with Crippen molar-refractivity contribution in [3.63, 3.8) is 0 Å². The summed E-state index contributed by atoms with van der Waals surface area (Å²) in [6.45, 7) is 5.09. The molecule has 0 amide bonds. The molecule has 1 unspecified atom stereocenters. The van der Waals surface area contributed by atoms with E-state index in [-0.39, 0.29) is 0 Å². The Balaban J connectivity index is 2.00. The third-order valence-electron chi connectivity index (χ3n) is 3.88. The number of benzene rings is 1. The number of ether oxygens (including phenoxy) is 1. The van der Waals surface area contributed by atoms with E-state index >= 15 is 0 Å². The lowest BCUT2D eigenvalue weighted by molar-refractivity contribution is 0.0606. The normalized spacial score (nSPS) is 18.4. The molecule has 0 saturated carbocycles. The van der Waals surface area contributed by atoms with Crippen LogP contribution in [0.2, 0.25) is 0 Å². The second kappa shape index (κ2) is 7.93. The van der Waals surface area contributed by atoms with Crippen LogP contribution in [0.5, 0.6) is 0 Å². The maximum absolute atomic E-state index is 5.45. The Bertz CT molecular complexity index is 360. The molecule has 0 aliphatic carbocycles. The van der Waals surface area contributed by atoms with Crippen LogP contribution in [0.25, 0.3) is 0 Å². The molecule has 1 atom stereocenters. The van der Waals surface area contributed by atoms with Gasteiger partial charge in [-0.15, -0.1) is 11.8 Å². The first-order valence-corrected chi connectivity index (χ1v) is 8.51. The van der Waals surface area contributed by atoms with Gasteiger partial charge in [0, 0.05) is 24.2 Å². The van der Waals surface area contributed by atoms with E-state index in [9.17, 15) is 0 Å². The summed E-state index contributed by atoms with van der Waals surface area (Å²) in [5.41, 5.74) is 1.42. The highest BCUT2D eigenvalue weighted by Crippen LogP contribution is 2.28. The van der Waals surface area contributed by atoms with Crippen LogP contribution in [0, 0.1) is 5.92 Å². The van der Waals surface area contributed by atoms with E-state index in [2.05, 4.69) is 42.8 Å². The minimum atomic E-state index is 0.490. The highest BCUT2D eigenvalue weighted by atomic mass is 32.2. The van der Waals surface area contributed by atoms with Gasteiger partial charge >= 0.3 is 0 Å². The van der Waals surface area contributed by atoms with E-state index in [1.807, 2.05) is 0 Å². The molecule has 1 fully saturated rings. The highest BCUT2D eigenvalue weighted by Gasteiger charge is 2.19. The fourth-order valence-corrected chi connectivity index (χ4v) is 3.14. The summed E-state index contributed by atoms with van der Waals surface area (Å²) in [5, 5.41) is 3.64. The predicted octanol–water partition coefficient (Wildman–Crippen LogP) is 3.88. The van der Waals surface area contributed by atoms with Gasteiger partial charge in [-0.3, -0.25) is 0 Å². The SMILES string of the molecule is CCNC(CC1CCOCC1)c1ccc(SC)cc1. The average Bonchev–Trinajstić information content (AvgIpc) is 2.48. The Kier molecular flexibility index (Phi) is 6.21. The number of rotatable bonds is 6. The first-order valence-electron chi connectivity index (χ1n) is 7.28. The fourth-order valence-electron chi connectivity index (χ4n) is 2.74. The van der Waals surface area contributed by atoms with Gasteiger partial charge in [0.2, 0.25) is 0 Å². The van der Waals surface area contributed by atoms with Crippen molar-refractivity contribution < 1.29 is 4.74 Å². The van der Waals surface area contributed by atoms with Gasteiger partial charge in [-0.05, 0) is 55.7 Å². The lowest BCUT2D eigenvalue weighted by Crippen LogP contribution is -2.26. The fraction of sp³-hybridized carbons (Fsp3) is 0.625. The van der Waals surface area contributed by atoms with E-state index in [1.165, 1.54) is 29.7 Å². The van der Waals surface area contributed by atoms with Gasteiger partial charge in [-0.1, -0.05) is 19.1 Å². The maximum atomic E-state index is 5.45. The quantitative estimate of drug-likeness (QED) is 0.799. The van der Waals surface area contributed by atoms with E-state index < -0.39 is 0 Å². The molecule has 106 valence electrons. The molecule has 1 aliphatic rings. The summed E-state index contributed by atoms with van der Waals surface area (Å²) < 4.78 is 5.45. The maximum Gasteiger partial charge on any atom is 0.0468 e. The molecule has 1 N–H and O–H groups in total. The van der Waals surface area contributed by atoms with Crippen LogP contribution in [-0.4, -0.2) is 26.0 Å². The van der Waals surface area contributed by atoms with Gasteiger partial charge in [0.05, 0.1) is 0 Å². The minimum Gasteiger partial charge on any atom is -0.381 e. The zero-order chi connectivity index (χ0) is 13.5. The number of hydrogen-bond donors (Lipinski definition) is 1. The van der Waals surface area contributed by atoms with Crippen LogP contribution < -0.4 is 5.32 Å². The van der Waals surface area contributed by atoms with Crippen molar-refractivity contribution in [2.45, 2.75) is 37.1 Å². The Morgan fingerprint density at radius 3 is 2.53 bits per heavy atom. The summed E-state index contributed by atoms with van der Waals surface area (Å²) in [6, 6.07) is 9.50. The van der Waals surface area contributed by atoms with Crippen molar-refractivity contribution in [1.29, 1.82) is 0 Å². The van der Waals surface area contributed by atoms with Crippen LogP contribution >= 0.6 is 11.8 Å². The van der Waals surface area contributed by atoms with Crippen LogP contribution in [0.15, 0.2) is 29.2 Å². The molecule has 2 nitrogen and oxygen atoms in total. The summed E-state index contributed by atoms with van der Waals surface area (Å²) in [4.78, 5) is 1.34. The van der Waals surface area contributed by atoms with E-state index in [0.717, 1.165) is 25.7 Å². The smallest absolute Gasteiger partial charge is 0.0468 e. The minimum absolute atomic E-state index is 0.490. The number of thioether (sulfide) groups is 1. The van der Waals surface area contributed by atoms with Gasteiger partial charge in [-0.25, -0.2) is 0 Å². The first kappa shape index (κ1) is 14.9. The van der Waals surface area contributed by atoms with E-state index in [1.54, 1.807) is 11.8 Å². The second-order valence-corrected chi connectivity index (χ2v) is 6.05. The molecule has 2 rings (SSSR count). The molecule has 0 aromatic heterocycles. The summed E-state index contributed by atoms with van der Waals surface area (Å²) >= 11 is 1.80. The molecule has 3 heteroatoms. The zero-order valence-corrected chi connectivity index (χ0v) is 12.8. The average molecular weight is 279 g/mol. The zero-order valence-electron chi connectivity index (χ0n) is 12.0. The van der Waals surface area contributed by atoms with Crippen LogP contribution in [0.4, 0.5) is 0 Å². The lowest BCUT2D eigenvalue weighted by atomic mass is 9.89. The molecule has 0 bridgehead atoms. The molecule has 1 heterocycles. The van der Waals surface area contributed by atoms with Gasteiger partial charge in [-0.2, -0.15) is 0 Å². The number of nitrogens with one attached hydrogen (secondary N) is 1. The van der Waals surface area contributed by atoms with Crippen LogP contribution in [0.1, 0.15) is 37.8 Å². The van der Waals surface area contributed by atoms with Crippen molar-refractivity contribution in [3.05, 3.63) is 29.8 Å². The van der Waals surface area contributed by atoms with E-state index in [4.69, 9.17) is 4.74 Å². The first-order chi connectivity index (χ1) is 9.33.